The molecular formula is C27H25N3O3S. The van der Waals surface area contributed by atoms with Crippen molar-refractivity contribution in [3.8, 4) is 11.5 Å². The van der Waals surface area contributed by atoms with Crippen LogP contribution in [0.1, 0.15) is 18.1 Å². The number of thioether (sulfide) groups is 1. The minimum absolute atomic E-state index is 0.330. The Bertz CT molecular complexity index is 1290. The second-order valence-corrected chi connectivity index (χ2v) is 8.50. The van der Waals surface area contributed by atoms with Gasteiger partial charge in [-0.05, 0) is 54.3 Å². The van der Waals surface area contributed by atoms with Crippen molar-refractivity contribution in [3.63, 3.8) is 0 Å². The van der Waals surface area contributed by atoms with E-state index in [0.29, 0.717) is 11.5 Å². The molecule has 172 valence electrons. The smallest absolute Gasteiger partial charge is 0.280 e. The Hall–Kier alpha value is -3.84. The number of hydrazone groups is 1. The molecule has 34 heavy (non-hydrogen) atoms. The largest absolute Gasteiger partial charge is 0.496 e. The van der Waals surface area contributed by atoms with Crippen LogP contribution in [0.25, 0.3) is 10.8 Å². The fourth-order valence-electron chi connectivity index (χ4n) is 3.38. The Morgan fingerprint density at radius 3 is 2.71 bits per heavy atom. The number of carbonyl (C=O) groups excluding carboxylic acids is 1. The van der Waals surface area contributed by atoms with Crippen LogP contribution in [0.2, 0.25) is 0 Å². The summed E-state index contributed by atoms with van der Waals surface area (Å²) >= 11 is 1.62. The number of hydrogen-bond acceptors (Lipinski definition) is 6. The average molecular weight is 472 g/mol. The molecule has 1 N–H and O–H groups in total. The molecule has 0 aliphatic rings. The number of ether oxygens (including phenoxy) is 2. The highest BCUT2D eigenvalue weighted by atomic mass is 32.2. The number of nitrogens with zero attached hydrogens (tertiary/aromatic N) is 2. The first-order valence-electron chi connectivity index (χ1n) is 10.8. The maximum Gasteiger partial charge on any atom is 0.280 e. The third-order valence-electron chi connectivity index (χ3n) is 5.13. The summed E-state index contributed by atoms with van der Waals surface area (Å²) in [6.07, 6.45) is 2.68. The summed E-state index contributed by atoms with van der Waals surface area (Å²) in [7, 11) is 1.65. The Kier molecular flexibility index (Phi) is 7.78. The summed E-state index contributed by atoms with van der Waals surface area (Å²) < 4.78 is 11.4. The van der Waals surface area contributed by atoms with Crippen molar-refractivity contribution in [3.05, 3.63) is 96.2 Å². The lowest BCUT2D eigenvalue weighted by atomic mass is 10.1. The van der Waals surface area contributed by atoms with Crippen molar-refractivity contribution in [1.29, 1.82) is 0 Å². The van der Waals surface area contributed by atoms with Crippen LogP contribution in [-0.4, -0.2) is 30.3 Å². The molecule has 6 nitrogen and oxygen atoms in total. The van der Waals surface area contributed by atoms with E-state index in [-0.39, 0.29) is 5.91 Å². The van der Waals surface area contributed by atoms with E-state index in [9.17, 15) is 4.79 Å². The molecule has 0 spiro atoms. The molecular weight excluding hydrogens is 446 g/mol. The summed E-state index contributed by atoms with van der Waals surface area (Å²) in [6, 6.07) is 25.3. The van der Waals surface area contributed by atoms with Crippen LogP contribution in [0.15, 0.2) is 95.2 Å². The van der Waals surface area contributed by atoms with Crippen LogP contribution in [0.5, 0.6) is 11.5 Å². The van der Waals surface area contributed by atoms with Crippen molar-refractivity contribution in [1.82, 2.24) is 10.4 Å². The van der Waals surface area contributed by atoms with Gasteiger partial charge in [0.1, 0.15) is 11.5 Å². The maximum absolute atomic E-state index is 12.5. The number of carbonyl (C=O) groups is 1. The van der Waals surface area contributed by atoms with Gasteiger partial charge in [0.2, 0.25) is 0 Å². The number of nitrogens with one attached hydrogen (secondary N) is 1. The van der Waals surface area contributed by atoms with E-state index >= 15 is 0 Å². The van der Waals surface area contributed by atoms with Crippen LogP contribution in [0.3, 0.4) is 0 Å². The van der Waals surface area contributed by atoms with E-state index < -0.39 is 6.10 Å². The molecule has 0 saturated heterocycles. The van der Waals surface area contributed by atoms with Crippen molar-refractivity contribution < 1.29 is 14.3 Å². The van der Waals surface area contributed by atoms with Crippen LogP contribution < -0.4 is 14.9 Å². The van der Waals surface area contributed by atoms with Crippen LogP contribution in [-0.2, 0) is 10.5 Å². The molecule has 4 rings (SSSR count). The molecule has 3 aromatic carbocycles. The van der Waals surface area contributed by atoms with Crippen LogP contribution >= 0.6 is 11.8 Å². The fourth-order valence-corrected chi connectivity index (χ4v) is 4.22. The van der Waals surface area contributed by atoms with E-state index in [1.54, 1.807) is 38.2 Å². The fraction of sp³-hybridized carbons (Fsp3) is 0.148. The zero-order valence-corrected chi connectivity index (χ0v) is 19.8. The molecule has 0 radical (unpaired) electrons. The number of benzene rings is 3. The molecule has 1 unspecified atom stereocenters. The summed E-state index contributed by atoms with van der Waals surface area (Å²) in [5, 5.41) is 7.08. The molecule has 1 heterocycles. The monoisotopic (exact) mass is 471 g/mol. The minimum Gasteiger partial charge on any atom is -0.496 e. The van der Waals surface area contributed by atoms with Gasteiger partial charge in [-0.2, -0.15) is 5.10 Å². The highest BCUT2D eigenvalue weighted by Gasteiger charge is 2.15. The van der Waals surface area contributed by atoms with Crippen molar-refractivity contribution >= 4 is 34.7 Å². The summed E-state index contributed by atoms with van der Waals surface area (Å²) in [6.45, 7) is 1.70. The second-order valence-electron chi connectivity index (χ2n) is 7.50. The highest BCUT2D eigenvalue weighted by Crippen LogP contribution is 2.28. The SMILES string of the molecule is COc1ccc(C=NNC(=O)C(C)Oc2cccc3ccccc23)cc1CSc1ccccn1. The van der Waals surface area contributed by atoms with Gasteiger partial charge in [-0.15, -0.1) is 11.8 Å². The van der Waals surface area contributed by atoms with Crippen molar-refractivity contribution in [2.75, 3.05) is 7.11 Å². The standard InChI is InChI=1S/C27H25N3O3S/c1-19(33-25-11-7-9-21-8-3-4-10-23(21)25)27(31)30-29-17-20-13-14-24(32-2)22(16-20)18-34-26-12-5-6-15-28-26/h3-17,19H,18H2,1-2H3,(H,30,31). The van der Waals surface area contributed by atoms with Crippen molar-refractivity contribution in [2.24, 2.45) is 5.10 Å². The van der Waals surface area contributed by atoms with E-state index in [1.807, 2.05) is 78.9 Å². The zero-order valence-electron chi connectivity index (χ0n) is 19.0. The minimum atomic E-state index is -0.704. The zero-order chi connectivity index (χ0) is 23.8. The van der Waals surface area contributed by atoms with Gasteiger partial charge in [-0.25, -0.2) is 10.4 Å². The summed E-state index contributed by atoms with van der Waals surface area (Å²) in [4.78, 5) is 16.9. The third kappa shape index (κ3) is 5.94. The third-order valence-corrected chi connectivity index (χ3v) is 6.12. The summed E-state index contributed by atoms with van der Waals surface area (Å²) in [5.41, 5.74) is 4.43. The van der Waals surface area contributed by atoms with Gasteiger partial charge >= 0.3 is 0 Å². The predicted molar refractivity (Wildman–Crippen MR) is 137 cm³/mol. The molecule has 4 aromatic rings. The maximum atomic E-state index is 12.5. The van der Waals surface area contributed by atoms with Gasteiger partial charge in [-0.1, -0.05) is 42.5 Å². The molecule has 1 aromatic heterocycles. The number of amides is 1. The molecule has 0 saturated carbocycles. The Labute approximate surface area is 203 Å². The lowest BCUT2D eigenvalue weighted by molar-refractivity contribution is -0.127. The lowest BCUT2D eigenvalue weighted by Crippen LogP contribution is -2.33. The van der Waals surface area contributed by atoms with E-state index in [0.717, 1.165) is 32.7 Å². The number of fused-ring (bicyclic) bond motifs is 1. The van der Waals surface area contributed by atoms with E-state index in [4.69, 9.17) is 9.47 Å². The molecule has 0 aliphatic carbocycles. The lowest BCUT2D eigenvalue weighted by Gasteiger charge is -2.14. The second kappa shape index (κ2) is 11.3. The highest BCUT2D eigenvalue weighted by molar-refractivity contribution is 7.98. The molecule has 1 amide bonds. The Balaban J connectivity index is 1.37. The normalized spacial score (nSPS) is 11.9. The quantitative estimate of drug-likeness (QED) is 0.200. The van der Waals surface area contributed by atoms with Gasteiger partial charge in [0.15, 0.2) is 6.10 Å². The number of aromatic nitrogens is 1. The predicted octanol–water partition coefficient (Wildman–Crippen LogP) is 5.45. The molecule has 7 heteroatoms. The Morgan fingerprint density at radius 1 is 1.06 bits per heavy atom. The molecule has 1 atom stereocenters. The molecule has 0 bridgehead atoms. The van der Waals surface area contributed by atoms with Crippen molar-refractivity contribution in [2.45, 2.75) is 23.8 Å². The first-order chi connectivity index (χ1) is 16.6. The number of hydrogen-bond donors (Lipinski definition) is 1. The van der Waals surface area contributed by atoms with Gasteiger partial charge in [0.25, 0.3) is 5.91 Å². The topological polar surface area (TPSA) is 72.8 Å². The van der Waals surface area contributed by atoms with E-state index in [1.165, 1.54) is 0 Å². The van der Waals surface area contributed by atoms with Crippen LogP contribution in [0, 0.1) is 0 Å². The van der Waals surface area contributed by atoms with Gasteiger partial charge < -0.3 is 9.47 Å². The Morgan fingerprint density at radius 2 is 1.88 bits per heavy atom. The first kappa shape index (κ1) is 23.3. The first-order valence-corrected chi connectivity index (χ1v) is 11.8. The molecule has 0 fully saturated rings. The number of rotatable bonds is 9. The number of methoxy groups -OCH3 is 1. The van der Waals surface area contributed by atoms with Crippen LogP contribution in [0.4, 0.5) is 0 Å². The van der Waals surface area contributed by atoms with Gasteiger partial charge in [0.05, 0.1) is 18.4 Å². The van der Waals surface area contributed by atoms with E-state index in [2.05, 4.69) is 15.5 Å². The number of pyridine rings is 1. The summed E-state index contributed by atoms with van der Waals surface area (Å²) in [5.74, 6) is 1.82. The molecule has 0 aliphatic heterocycles. The van der Waals surface area contributed by atoms with Gasteiger partial charge in [0, 0.05) is 22.9 Å². The average Bonchev–Trinajstić information content (AvgIpc) is 2.88. The van der Waals surface area contributed by atoms with Gasteiger partial charge in [-0.3, -0.25) is 4.79 Å².